The number of amides is 1. The summed E-state index contributed by atoms with van der Waals surface area (Å²) in [6.07, 6.45) is 2.30. The van der Waals surface area contributed by atoms with Gasteiger partial charge in [0.25, 0.3) is 6.43 Å². The van der Waals surface area contributed by atoms with E-state index in [0.29, 0.717) is 28.9 Å². The summed E-state index contributed by atoms with van der Waals surface area (Å²) in [7, 11) is 1.84. The Balaban J connectivity index is 2.09. The van der Waals surface area contributed by atoms with Crippen LogP contribution in [0.5, 0.6) is 0 Å². The summed E-state index contributed by atoms with van der Waals surface area (Å²) in [5, 5.41) is 3.35. The molecule has 0 bridgehead atoms. The number of aromatic nitrogens is 3. The zero-order chi connectivity index (χ0) is 23.4. The van der Waals surface area contributed by atoms with Crippen molar-refractivity contribution in [3.63, 3.8) is 0 Å². The third kappa shape index (κ3) is 5.04. The average molecular weight is 443 g/mol. The van der Waals surface area contributed by atoms with Gasteiger partial charge in [0.05, 0.1) is 29.0 Å². The molecule has 3 rings (SSSR count). The molecule has 0 fully saturated rings. The van der Waals surface area contributed by atoms with Crippen LogP contribution in [-0.2, 0) is 11.8 Å². The van der Waals surface area contributed by atoms with Gasteiger partial charge in [-0.1, -0.05) is 24.3 Å². The number of carbonyl (C=O) groups excluding carboxylic acids is 1. The van der Waals surface area contributed by atoms with Crippen LogP contribution in [0, 0.1) is 12.7 Å². The van der Waals surface area contributed by atoms with Crippen LogP contribution in [0.3, 0.4) is 0 Å². The minimum absolute atomic E-state index is 0.0770. The maximum atomic E-state index is 14.6. The quantitative estimate of drug-likeness (QED) is 0.622. The SMILES string of the molecule is CC(=O)NCC=Cc1cc2/c(=N/C(C)c3cccc(C(F)F)c3F)nc(C)n(C)c2cn1. The Hall–Kier alpha value is -3.49. The van der Waals surface area contributed by atoms with Crippen LogP contribution < -0.4 is 10.8 Å². The summed E-state index contributed by atoms with van der Waals surface area (Å²) in [4.78, 5) is 24.5. The van der Waals surface area contributed by atoms with Crippen molar-refractivity contribution in [3.05, 3.63) is 70.5 Å². The summed E-state index contributed by atoms with van der Waals surface area (Å²) >= 11 is 0. The molecular weight excluding hydrogens is 419 g/mol. The van der Waals surface area contributed by atoms with Crippen LogP contribution in [0.1, 0.15) is 49.0 Å². The number of fused-ring (bicyclic) bond motifs is 1. The molecular formula is C23H24F3N5O. The lowest BCUT2D eigenvalue weighted by Gasteiger charge is -2.13. The van der Waals surface area contributed by atoms with Gasteiger partial charge >= 0.3 is 0 Å². The van der Waals surface area contributed by atoms with Crippen molar-refractivity contribution in [1.29, 1.82) is 0 Å². The average Bonchev–Trinajstić information content (AvgIpc) is 2.74. The molecule has 1 aromatic carbocycles. The number of hydrogen-bond acceptors (Lipinski definition) is 4. The second kappa shape index (κ2) is 9.76. The molecule has 32 heavy (non-hydrogen) atoms. The topological polar surface area (TPSA) is 72.2 Å². The Bertz CT molecular complexity index is 1250. The molecule has 9 heteroatoms. The third-order valence-electron chi connectivity index (χ3n) is 5.08. The van der Waals surface area contributed by atoms with Gasteiger partial charge in [-0.15, -0.1) is 0 Å². The third-order valence-corrected chi connectivity index (χ3v) is 5.08. The zero-order valence-corrected chi connectivity index (χ0v) is 18.2. The smallest absolute Gasteiger partial charge is 0.266 e. The van der Waals surface area contributed by atoms with E-state index in [0.717, 1.165) is 11.6 Å². The first kappa shape index (κ1) is 23.2. The van der Waals surface area contributed by atoms with Crippen molar-refractivity contribution in [3.8, 4) is 0 Å². The molecule has 0 saturated carbocycles. The molecule has 2 heterocycles. The summed E-state index contributed by atoms with van der Waals surface area (Å²) in [6, 6.07) is 4.98. The Morgan fingerprint density at radius 2 is 2.03 bits per heavy atom. The predicted octanol–water partition coefficient (Wildman–Crippen LogP) is 4.16. The standard InChI is InChI=1S/C23H24F3N5O/c1-13(17-8-5-9-18(21(17)24)22(25)26)29-23-19-11-16(7-6-10-27-15(3)32)28-12-20(19)31(4)14(2)30-23/h5-9,11-13,22H,10H2,1-4H3,(H,27,32)/b7-6?,29-23-. The Morgan fingerprint density at radius 3 is 2.72 bits per heavy atom. The normalized spacial score (nSPS) is 13.3. The van der Waals surface area contributed by atoms with Gasteiger partial charge in [-0.2, -0.15) is 0 Å². The van der Waals surface area contributed by atoms with E-state index in [4.69, 9.17) is 0 Å². The van der Waals surface area contributed by atoms with E-state index in [2.05, 4.69) is 20.3 Å². The zero-order valence-electron chi connectivity index (χ0n) is 18.2. The van der Waals surface area contributed by atoms with Gasteiger partial charge in [-0.3, -0.25) is 14.8 Å². The highest BCUT2D eigenvalue weighted by atomic mass is 19.3. The summed E-state index contributed by atoms with van der Waals surface area (Å²) in [6.45, 7) is 5.25. The molecule has 1 unspecified atom stereocenters. The highest BCUT2D eigenvalue weighted by Crippen LogP contribution is 2.28. The number of nitrogens with one attached hydrogen (secondary N) is 1. The molecule has 168 valence electrons. The van der Waals surface area contributed by atoms with E-state index in [-0.39, 0.29) is 11.5 Å². The highest BCUT2D eigenvalue weighted by Gasteiger charge is 2.19. The number of hydrogen-bond donors (Lipinski definition) is 1. The van der Waals surface area contributed by atoms with E-state index >= 15 is 0 Å². The van der Waals surface area contributed by atoms with Crippen molar-refractivity contribution in [2.45, 2.75) is 33.2 Å². The Morgan fingerprint density at radius 1 is 1.31 bits per heavy atom. The maximum Gasteiger partial charge on any atom is 0.266 e. The van der Waals surface area contributed by atoms with Crippen molar-refractivity contribution >= 4 is 22.9 Å². The fourth-order valence-electron chi connectivity index (χ4n) is 3.26. The number of pyridine rings is 1. The lowest BCUT2D eigenvalue weighted by molar-refractivity contribution is -0.118. The van der Waals surface area contributed by atoms with Gasteiger partial charge in [0.2, 0.25) is 5.91 Å². The first-order valence-corrected chi connectivity index (χ1v) is 10.0. The van der Waals surface area contributed by atoms with E-state index in [9.17, 15) is 18.0 Å². The number of halogens is 3. The van der Waals surface area contributed by atoms with Gasteiger partial charge in [0.1, 0.15) is 11.6 Å². The largest absolute Gasteiger partial charge is 0.353 e. The van der Waals surface area contributed by atoms with E-state index in [1.54, 1.807) is 31.3 Å². The second-order valence-corrected chi connectivity index (χ2v) is 7.36. The van der Waals surface area contributed by atoms with Crippen LogP contribution >= 0.6 is 0 Å². The number of rotatable bonds is 6. The minimum atomic E-state index is -2.91. The number of alkyl halides is 2. The maximum absolute atomic E-state index is 14.6. The van der Waals surface area contributed by atoms with E-state index < -0.39 is 23.8 Å². The molecule has 1 N–H and O–H groups in total. The number of carbonyl (C=O) groups is 1. The Labute approximate surface area is 183 Å². The molecule has 0 aliphatic heterocycles. The van der Waals surface area contributed by atoms with Gasteiger partial charge in [-0.25, -0.2) is 18.2 Å². The monoisotopic (exact) mass is 443 g/mol. The fraction of sp³-hybridized carbons (Fsp3) is 0.304. The number of aryl methyl sites for hydroxylation is 2. The molecule has 1 amide bonds. The lowest BCUT2D eigenvalue weighted by Crippen LogP contribution is -2.19. The van der Waals surface area contributed by atoms with Crippen LogP contribution in [0.25, 0.3) is 17.0 Å². The van der Waals surface area contributed by atoms with Gasteiger partial charge in [0, 0.05) is 31.5 Å². The van der Waals surface area contributed by atoms with Crippen molar-refractivity contribution in [1.82, 2.24) is 19.9 Å². The molecule has 0 saturated heterocycles. The number of nitrogens with zero attached hydrogens (tertiary/aromatic N) is 4. The predicted molar refractivity (Wildman–Crippen MR) is 116 cm³/mol. The molecule has 0 aliphatic rings. The van der Waals surface area contributed by atoms with Crippen LogP contribution in [0.2, 0.25) is 0 Å². The van der Waals surface area contributed by atoms with Crippen LogP contribution in [0.4, 0.5) is 13.2 Å². The summed E-state index contributed by atoms with van der Waals surface area (Å²) in [5.74, 6) is -0.420. The van der Waals surface area contributed by atoms with E-state index in [1.165, 1.54) is 19.1 Å². The molecule has 3 aromatic rings. The lowest BCUT2D eigenvalue weighted by atomic mass is 10.0. The van der Waals surface area contributed by atoms with Crippen LogP contribution in [0.15, 0.2) is 41.5 Å². The summed E-state index contributed by atoms with van der Waals surface area (Å²) < 4.78 is 42.7. The second-order valence-electron chi connectivity index (χ2n) is 7.36. The Kier molecular flexibility index (Phi) is 7.07. The molecule has 0 radical (unpaired) electrons. The molecule has 2 aromatic heterocycles. The van der Waals surface area contributed by atoms with Crippen molar-refractivity contribution in [2.75, 3.05) is 6.54 Å². The molecule has 0 aliphatic carbocycles. The van der Waals surface area contributed by atoms with Gasteiger partial charge in [0.15, 0.2) is 5.49 Å². The van der Waals surface area contributed by atoms with Gasteiger partial charge in [-0.05, 0) is 26.0 Å². The molecule has 6 nitrogen and oxygen atoms in total. The van der Waals surface area contributed by atoms with Crippen molar-refractivity contribution in [2.24, 2.45) is 12.0 Å². The van der Waals surface area contributed by atoms with Crippen molar-refractivity contribution < 1.29 is 18.0 Å². The molecule has 0 spiro atoms. The first-order chi connectivity index (χ1) is 15.2. The highest BCUT2D eigenvalue weighted by molar-refractivity contribution is 5.79. The van der Waals surface area contributed by atoms with E-state index in [1.807, 2.05) is 18.5 Å². The van der Waals surface area contributed by atoms with Crippen LogP contribution in [-0.4, -0.2) is 27.0 Å². The molecule has 1 atom stereocenters. The minimum Gasteiger partial charge on any atom is -0.353 e. The summed E-state index contributed by atoms with van der Waals surface area (Å²) in [5.41, 5.74) is 1.19. The fourth-order valence-corrected chi connectivity index (χ4v) is 3.26. The first-order valence-electron chi connectivity index (χ1n) is 10.0. The number of benzene rings is 1. The van der Waals surface area contributed by atoms with Gasteiger partial charge < -0.3 is 9.88 Å².